The molecular weight excluding hydrogens is 296 g/mol. The average molecular weight is 312 g/mol. The Bertz CT molecular complexity index is 805. The van der Waals surface area contributed by atoms with Crippen molar-refractivity contribution < 1.29 is 13.2 Å². The fraction of sp³-hybridized carbons (Fsp3) is 0.462. The minimum atomic E-state index is -2.97. The van der Waals surface area contributed by atoms with Crippen molar-refractivity contribution in [2.45, 2.75) is 24.6 Å². The molecule has 1 aliphatic heterocycles. The third-order valence-electron chi connectivity index (χ3n) is 3.83. The van der Waals surface area contributed by atoms with E-state index in [1.165, 1.54) is 0 Å². The molecule has 7 heteroatoms. The topological polar surface area (TPSA) is 64.1 Å². The third-order valence-corrected chi connectivity index (χ3v) is 6.41. The number of nitrogens with zero attached hydrogens (tertiary/aromatic N) is 1. The van der Waals surface area contributed by atoms with Crippen LogP contribution in [0.25, 0.3) is 11.0 Å². The van der Waals surface area contributed by atoms with Gasteiger partial charge in [-0.05, 0) is 37.2 Å². The first kappa shape index (κ1) is 13.6. The quantitative estimate of drug-likeness (QED) is 0.883. The highest BCUT2D eigenvalue weighted by Crippen LogP contribution is 2.25. The summed E-state index contributed by atoms with van der Waals surface area (Å²) in [5.74, 6) is 1.04. The molecule has 1 unspecified atom stereocenters. The van der Waals surface area contributed by atoms with E-state index in [0.717, 1.165) is 23.2 Å². The fourth-order valence-electron chi connectivity index (χ4n) is 2.72. The lowest BCUT2D eigenvalue weighted by molar-refractivity contribution is 0.415. The van der Waals surface area contributed by atoms with Crippen LogP contribution in [-0.4, -0.2) is 36.1 Å². The number of nitrogens with one attached hydrogen (secondary N) is 1. The minimum absolute atomic E-state index is 0.293. The maximum atomic E-state index is 12.0. The summed E-state index contributed by atoms with van der Waals surface area (Å²) in [5, 5.41) is -0.324. The molecule has 1 aromatic heterocycles. The molecule has 0 saturated carbocycles. The van der Waals surface area contributed by atoms with E-state index in [2.05, 4.69) is 4.98 Å². The number of methoxy groups -OCH3 is 1. The summed E-state index contributed by atoms with van der Waals surface area (Å²) >= 11 is 5.31. The Hall–Kier alpha value is -1.34. The Morgan fingerprint density at radius 3 is 2.95 bits per heavy atom. The van der Waals surface area contributed by atoms with Crippen molar-refractivity contribution in [1.82, 2.24) is 9.55 Å². The Kier molecular flexibility index (Phi) is 3.33. The van der Waals surface area contributed by atoms with Gasteiger partial charge in [0.05, 0.1) is 29.1 Å². The van der Waals surface area contributed by atoms with Gasteiger partial charge in [-0.1, -0.05) is 0 Å². The molecule has 2 heterocycles. The van der Waals surface area contributed by atoms with Crippen LogP contribution in [0.2, 0.25) is 0 Å². The van der Waals surface area contributed by atoms with Gasteiger partial charge in [-0.2, -0.15) is 0 Å². The fourth-order valence-corrected chi connectivity index (χ4v) is 4.81. The van der Waals surface area contributed by atoms with Crippen LogP contribution in [0.5, 0.6) is 5.75 Å². The average Bonchev–Trinajstić information content (AvgIpc) is 2.90. The van der Waals surface area contributed by atoms with Gasteiger partial charge in [0.25, 0.3) is 0 Å². The standard InChI is InChI=1S/C13H16N2O3S2/c1-18-9-4-5-12-11(7-9)14-13(19)15(12)8-10-3-2-6-20(10,16)17/h4-5,7,10H,2-3,6,8H2,1H3,(H,14,19). The van der Waals surface area contributed by atoms with Gasteiger partial charge in [0, 0.05) is 12.6 Å². The highest BCUT2D eigenvalue weighted by Gasteiger charge is 2.31. The largest absolute Gasteiger partial charge is 0.497 e. The number of rotatable bonds is 3. The van der Waals surface area contributed by atoms with Gasteiger partial charge in [0.2, 0.25) is 0 Å². The molecule has 1 atom stereocenters. The monoisotopic (exact) mass is 312 g/mol. The Morgan fingerprint density at radius 2 is 2.30 bits per heavy atom. The zero-order valence-corrected chi connectivity index (χ0v) is 12.8. The van der Waals surface area contributed by atoms with E-state index in [1.54, 1.807) is 7.11 Å². The van der Waals surface area contributed by atoms with Crippen molar-refractivity contribution in [2.24, 2.45) is 0 Å². The number of hydrogen-bond acceptors (Lipinski definition) is 4. The third kappa shape index (κ3) is 2.25. The van der Waals surface area contributed by atoms with Crippen molar-refractivity contribution in [2.75, 3.05) is 12.9 Å². The first-order valence-electron chi connectivity index (χ1n) is 6.49. The summed E-state index contributed by atoms with van der Waals surface area (Å²) in [5.41, 5.74) is 1.78. The van der Waals surface area contributed by atoms with Gasteiger partial charge >= 0.3 is 0 Å². The zero-order valence-electron chi connectivity index (χ0n) is 11.1. The molecule has 1 aromatic carbocycles. The van der Waals surface area contributed by atoms with Gasteiger partial charge < -0.3 is 14.3 Å². The number of aromatic amines is 1. The van der Waals surface area contributed by atoms with Crippen LogP contribution in [0.3, 0.4) is 0 Å². The van der Waals surface area contributed by atoms with Crippen molar-refractivity contribution in [3.8, 4) is 5.75 Å². The molecule has 0 amide bonds. The number of H-pyrrole nitrogens is 1. The van der Waals surface area contributed by atoms with E-state index in [4.69, 9.17) is 17.0 Å². The summed E-state index contributed by atoms with van der Waals surface area (Å²) in [7, 11) is -1.36. The van der Waals surface area contributed by atoms with Gasteiger partial charge in [-0.15, -0.1) is 0 Å². The molecule has 1 N–H and O–H groups in total. The number of benzene rings is 1. The van der Waals surface area contributed by atoms with E-state index in [1.807, 2.05) is 22.8 Å². The van der Waals surface area contributed by atoms with Crippen LogP contribution in [0.15, 0.2) is 18.2 Å². The molecule has 0 spiro atoms. The summed E-state index contributed by atoms with van der Waals surface area (Å²) in [4.78, 5) is 3.11. The van der Waals surface area contributed by atoms with E-state index in [0.29, 0.717) is 23.5 Å². The Balaban J connectivity index is 2.04. The number of imidazole rings is 1. The number of aromatic nitrogens is 2. The second kappa shape index (κ2) is 4.89. The van der Waals surface area contributed by atoms with E-state index >= 15 is 0 Å². The molecule has 1 aliphatic rings. The van der Waals surface area contributed by atoms with Crippen molar-refractivity contribution in [3.05, 3.63) is 23.0 Å². The van der Waals surface area contributed by atoms with Crippen molar-refractivity contribution >= 4 is 33.1 Å². The molecule has 2 aromatic rings. The smallest absolute Gasteiger partial charge is 0.178 e. The lowest BCUT2D eigenvalue weighted by Gasteiger charge is -2.11. The van der Waals surface area contributed by atoms with Crippen LogP contribution in [-0.2, 0) is 16.4 Å². The maximum Gasteiger partial charge on any atom is 0.178 e. The van der Waals surface area contributed by atoms with Crippen LogP contribution >= 0.6 is 12.2 Å². The van der Waals surface area contributed by atoms with Crippen LogP contribution < -0.4 is 4.74 Å². The zero-order chi connectivity index (χ0) is 14.3. The lowest BCUT2D eigenvalue weighted by Crippen LogP contribution is -2.22. The molecule has 0 aliphatic carbocycles. The summed E-state index contributed by atoms with van der Waals surface area (Å²) in [6.07, 6.45) is 1.46. The van der Waals surface area contributed by atoms with Crippen LogP contribution in [0, 0.1) is 4.77 Å². The second-order valence-corrected chi connectivity index (χ2v) is 7.84. The van der Waals surface area contributed by atoms with Gasteiger partial charge in [0.1, 0.15) is 5.75 Å². The SMILES string of the molecule is COc1ccc2c(c1)[nH]c(=S)n2CC1CCCS1(=O)=O. The first-order valence-corrected chi connectivity index (χ1v) is 8.62. The van der Waals surface area contributed by atoms with Gasteiger partial charge in [-0.3, -0.25) is 0 Å². The second-order valence-electron chi connectivity index (χ2n) is 5.06. The molecule has 1 fully saturated rings. The lowest BCUT2D eigenvalue weighted by atomic mass is 10.2. The molecule has 5 nitrogen and oxygen atoms in total. The molecule has 1 saturated heterocycles. The van der Waals surface area contributed by atoms with Crippen molar-refractivity contribution in [3.63, 3.8) is 0 Å². The van der Waals surface area contributed by atoms with Crippen LogP contribution in [0.4, 0.5) is 0 Å². The Morgan fingerprint density at radius 1 is 1.50 bits per heavy atom. The number of sulfone groups is 1. The van der Waals surface area contributed by atoms with Gasteiger partial charge in [0.15, 0.2) is 14.6 Å². The Labute approximate surface area is 122 Å². The van der Waals surface area contributed by atoms with E-state index in [-0.39, 0.29) is 5.25 Å². The molecular formula is C13H16N2O3S2. The first-order chi connectivity index (χ1) is 9.51. The predicted octanol–water partition coefficient (Wildman–Crippen LogP) is 2.28. The molecule has 0 radical (unpaired) electrons. The highest BCUT2D eigenvalue weighted by molar-refractivity contribution is 7.92. The highest BCUT2D eigenvalue weighted by atomic mass is 32.2. The van der Waals surface area contributed by atoms with Crippen molar-refractivity contribution in [1.29, 1.82) is 0 Å². The summed E-state index contributed by atoms with van der Waals surface area (Å²) in [6.45, 7) is 0.424. The van der Waals surface area contributed by atoms with E-state index in [9.17, 15) is 8.42 Å². The summed E-state index contributed by atoms with van der Waals surface area (Å²) in [6, 6.07) is 5.62. The summed E-state index contributed by atoms with van der Waals surface area (Å²) < 4.78 is 31.5. The van der Waals surface area contributed by atoms with E-state index < -0.39 is 9.84 Å². The molecule has 0 bridgehead atoms. The predicted molar refractivity (Wildman–Crippen MR) is 80.5 cm³/mol. The molecule has 108 valence electrons. The van der Waals surface area contributed by atoms with Gasteiger partial charge in [-0.25, -0.2) is 8.42 Å². The normalized spacial score (nSPS) is 21.4. The minimum Gasteiger partial charge on any atom is -0.497 e. The number of fused-ring (bicyclic) bond motifs is 1. The number of ether oxygens (including phenoxy) is 1. The molecule has 20 heavy (non-hydrogen) atoms. The maximum absolute atomic E-state index is 12.0. The van der Waals surface area contributed by atoms with Crippen LogP contribution in [0.1, 0.15) is 12.8 Å². The number of hydrogen-bond donors (Lipinski definition) is 1. The molecule has 3 rings (SSSR count).